The van der Waals surface area contributed by atoms with E-state index in [0.717, 1.165) is 37.6 Å². The van der Waals surface area contributed by atoms with Crippen molar-refractivity contribution < 1.29 is 15.0 Å². The maximum Gasteiger partial charge on any atom is 0.290 e. The van der Waals surface area contributed by atoms with Crippen LogP contribution in [0.4, 0.5) is 5.69 Å². The van der Waals surface area contributed by atoms with E-state index in [4.69, 9.17) is 15.0 Å². The number of nitrogens with zero attached hydrogens (tertiary/aromatic N) is 1. The van der Waals surface area contributed by atoms with Crippen LogP contribution < -0.4 is 16.2 Å². The van der Waals surface area contributed by atoms with Gasteiger partial charge in [-0.1, -0.05) is 228 Å². The Balaban J connectivity index is -0.00000349. The van der Waals surface area contributed by atoms with Gasteiger partial charge in [0.1, 0.15) is 0 Å². The van der Waals surface area contributed by atoms with E-state index in [1.807, 2.05) is 20.8 Å². The molecule has 0 saturated carbocycles. The second-order valence-electron chi connectivity index (χ2n) is 16.5. The van der Waals surface area contributed by atoms with Crippen LogP contribution in [0.1, 0.15) is 247 Å². The van der Waals surface area contributed by atoms with Gasteiger partial charge in [-0.25, -0.2) is 0 Å². The highest BCUT2D eigenvalue weighted by atomic mass is 16.3. The fourth-order valence-corrected chi connectivity index (χ4v) is 8.16. The van der Waals surface area contributed by atoms with Crippen molar-refractivity contribution in [2.75, 3.05) is 31.5 Å². The van der Waals surface area contributed by atoms with Gasteiger partial charge >= 0.3 is 0 Å². The lowest BCUT2D eigenvalue weighted by atomic mass is 9.90. The Morgan fingerprint density at radius 3 is 1.19 bits per heavy atom. The van der Waals surface area contributed by atoms with E-state index in [9.17, 15) is 9.59 Å². The molecule has 0 radical (unpaired) electrons. The van der Waals surface area contributed by atoms with Crippen LogP contribution in [-0.4, -0.2) is 47.8 Å². The van der Waals surface area contributed by atoms with Crippen LogP contribution in [0.15, 0.2) is 22.4 Å². The number of nitrogens with one attached hydrogen (secondary N) is 1. The largest absolute Gasteiger partial charge is 0.516 e. The topological polar surface area (TPSA) is 107 Å². The summed E-state index contributed by atoms with van der Waals surface area (Å²) in [5, 5.41) is 17.5. The molecule has 0 saturated heterocycles. The number of hydrogen-bond acceptors (Lipinski definition) is 6. The summed E-state index contributed by atoms with van der Waals surface area (Å²) in [5.41, 5.74) is 0.700. The minimum absolute atomic E-state index is 0.250. The summed E-state index contributed by atoms with van der Waals surface area (Å²) in [4.78, 5) is 34.8. The molecule has 1 aromatic rings. The lowest BCUT2D eigenvalue weighted by Gasteiger charge is -2.23. The summed E-state index contributed by atoms with van der Waals surface area (Å²) < 4.78 is 0. The smallest absolute Gasteiger partial charge is 0.290 e. The van der Waals surface area contributed by atoms with Crippen molar-refractivity contribution in [2.24, 2.45) is 11.8 Å². The van der Waals surface area contributed by atoms with Crippen LogP contribution >= 0.6 is 0 Å². The average molecular weight is 821 g/mol. The van der Waals surface area contributed by atoms with Gasteiger partial charge in [-0.2, -0.15) is 0 Å². The van der Waals surface area contributed by atoms with Crippen molar-refractivity contribution in [3.8, 4) is 0 Å². The van der Waals surface area contributed by atoms with E-state index >= 15 is 0 Å². The lowest BCUT2D eigenvalue weighted by Crippen LogP contribution is -2.38. The molecule has 0 bridgehead atoms. The Morgan fingerprint density at radius 2 is 0.828 bits per heavy atom. The van der Waals surface area contributed by atoms with Gasteiger partial charge in [0.2, 0.25) is 10.9 Å². The summed E-state index contributed by atoms with van der Waals surface area (Å²) in [6.07, 6.45) is 43.1. The number of hydrogen-bond donors (Lipinski definition) is 3. The third-order valence-electron chi connectivity index (χ3n) is 11.6. The average Bonchev–Trinajstić information content (AvgIpc) is 3.23. The van der Waals surface area contributed by atoms with Gasteiger partial charge in [-0.15, -0.1) is 0 Å². The first-order valence-electron chi connectivity index (χ1n) is 25.0. The molecule has 0 aliphatic carbocycles. The molecular formula is C51H100N2O5. The van der Waals surface area contributed by atoms with Gasteiger partial charge in [0.05, 0.1) is 11.9 Å². The molecule has 0 aliphatic rings. The highest BCUT2D eigenvalue weighted by Crippen LogP contribution is 2.25. The zero-order valence-corrected chi connectivity index (χ0v) is 39.8. The molecule has 0 atom stereocenters. The van der Waals surface area contributed by atoms with Crippen molar-refractivity contribution in [3.05, 3.63) is 38.9 Å². The number of aliphatic hydroxyl groups is 1. The number of unbranched alkanes of at least 4 members (excludes halogenated alkanes) is 17. The Labute approximate surface area is 360 Å². The molecule has 1 rings (SSSR count). The van der Waals surface area contributed by atoms with Crippen molar-refractivity contribution in [1.82, 2.24) is 4.90 Å². The Kier molecular flexibility index (Phi) is 51.0. The summed E-state index contributed by atoms with van der Waals surface area (Å²) in [5.74, 6) is 1.96. The maximum absolute atomic E-state index is 12.0. The van der Waals surface area contributed by atoms with E-state index in [1.165, 1.54) is 199 Å². The molecule has 0 aliphatic heterocycles. The fraction of sp³-hybridized carbons (Fsp3) is 0.863. The van der Waals surface area contributed by atoms with E-state index in [2.05, 4.69) is 44.5 Å². The monoisotopic (exact) mass is 821 g/mol. The molecule has 0 unspecified atom stereocenters. The second kappa shape index (κ2) is 49.2. The number of rotatable bonds is 39. The van der Waals surface area contributed by atoms with E-state index < -0.39 is 0 Å². The fourth-order valence-electron chi connectivity index (χ4n) is 8.16. The first-order valence-corrected chi connectivity index (χ1v) is 25.0. The zero-order valence-electron chi connectivity index (χ0n) is 39.8. The van der Waals surface area contributed by atoms with Crippen LogP contribution in [0.25, 0.3) is 0 Å². The first-order chi connectivity index (χ1) is 28.3. The normalized spacial score (nSPS) is 10.9. The quantitative estimate of drug-likeness (QED) is 0.0263. The highest BCUT2D eigenvalue weighted by molar-refractivity contribution is 5.56. The second-order valence-corrected chi connectivity index (χ2v) is 16.5. The van der Waals surface area contributed by atoms with Gasteiger partial charge in [0.25, 0.3) is 6.47 Å². The Hall–Kier alpha value is -2.15. The molecule has 0 fully saturated rings. The molecule has 0 amide bonds. The third-order valence-corrected chi connectivity index (χ3v) is 11.6. The molecule has 7 nitrogen and oxygen atoms in total. The van der Waals surface area contributed by atoms with E-state index in [0.29, 0.717) is 17.7 Å². The van der Waals surface area contributed by atoms with Gasteiger partial charge in [0.15, 0.2) is 0 Å². The van der Waals surface area contributed by atoms with Crippen molar-refractivity contribution >= 4 is 12.2 Å². The molecule has 0 heterocycles. The summed E-state index contributed by atoms with van der Waals surface area (Å²) in [6.45, 7) is 22.2. The van der Waals surface area contributed by atoms with Crippen LogP contribution in [0.2, 0.25) is 0 Å². The van der Waals surface area contributed by atoms with Gasteiger partial charge < -0.3 is 20.4 Å². The molecule has 0 aromatic heterocycles. The highest BCUT2D eigenvalue weighted by Gasteiger charge is 2.18. The summed E-state index contributed by atoms with van der Waals surface area (Å²) >= 11 is 0. The molecule has 58 heavy (non-hydrogen) atoms. The third kappa shape index (κ3) is 36.9. The van der Waals surface area contributed by atoms with Gasteiger partial charge in [-0.05, 0) is 57.2 Å². The summed E-state index contributed by atoms with van der Waals surface area (Å²) in [7, 11) is 0. The predicted molar refractivity (Wildman–Crippen MR) is 257 cm³/mol. The number of carbonyl (C=O) groups is 1. The molecule has 7 heteroatoms. The van der Waals surface area contributed by atoms with Crippen LogP contribution in [0.3, 0.4) is 0 Å². The van der Waals surface area contributed by atoms with Crippen LogP contribution in [0, 0.1) is 11.8 Å². The Bertz CT molecular complexity index is 1010. The van der Waals surface area contributed by atoms with Gasteiger partial charge in [0, 0.05) is 12.1 Å². The lowest BCUT2D eigenvalue weighted by molar-refractivity contribution is -0.122. The van der Waals surface area contributed by atoms with Crippen molar-refractivity contribution in [2.45, 2.75) is 248 Å². The maximum atomic E-state index is 12.0. The number of anilines is 1. The first kappa shape index (κ1) is 60.2. The number of aliphatic hydroxyl groups excluding tert-OH is 1. The molecule has 3 N–H and O–H groups in total. The minimum atomic E-state index is -0.310. The molecular weight excluding hydrogens is 721 g/mol. The standard InChI is InChI=1S/C46H88N2O2.C2H4O.C2H6.CH2O2/c1-6-11-24-33-42(34-25-12-7-2)36-27-21-17-19-23-29-39-48(40-30-37-47-44-43(10-5)45(49)46(44)50)38-28-22-18-15-16-20-26-35-41(31-13-8-3)32-14-9-4;1-2-3;1-2;2-1-3/h41-42,47H,6-40H2,1-5H3;2-3H,1H2;1-2H3;1H,(H,2,3). The molecule has 344 valence electrons. The summed E-state index contributed by atoms with van der Waals surface area (Å²) in [6, 6.07) is 0. The van der Waals surface area contributed by atoms with E-state index in [1.54, 1.807) is 0 Å². The number of carboxylic acid groups (broad SMARTS) is 1. The molecule has 1 aromatic carbocycles. The van der Waals surface area contributed by atoms with Gasteiger partial charge in [-0.3, -0.25) is 14.4 Å². The zero-order chi connectivity index (χ0) is 43.9. The minimum Gasteiger partial charge on any atom is -0.516 e. The van der Waals surface area contributed by atoms with E-state index in [-0.39, 0.29) is 17.3 Å². The predicted octanol–water partition coefficient (Wildman–Crippen LogP) is 15.0. The Morgan fingerprint density at radius 1 is 0.517 bits per heavy atom. The van der Waals surface area contributed by atoms with Crippen molar-refractivity contribution in [3.63, 3.8) is 0 Å². The van der Waals surface area contributed by atoms with Crippen LogP contribution in [0.5, 0.6) is 0 Å². The molecule has 0 spiro atoms. The van der Waals surface area contributed by atoms with Crippen molar-refractivity contribution in [1.29, 1.82) is 0 Å². The van der Waals surface area contributed by atoms with Crippen LogP contribution in [-0.2, 0) is 11.2 Å². The SMILES string of the molecule is C=CO.CC.CCCCCC(CCCCC)CCCCCCCCN(CCCCCCCCCC(CCCC)CCCC)CCCNc1c(CC)c(=O)c1=O.O=CO.